The Balaban J connectivity index is 2.73. The number of rotatable bonds is 6. The summed E-state index contributed by atoms with van der Waals surface area (Å²) in [7, 11) is 1.48. The molecule has 0 aliphatic heterocycles. The fourth-order valence-corrected chi connectivity index (χ4v) is 1.92. The van der Waals surface area contributed by atoms with E-state index in [2.05, 4.69) is 10.3 Å². The van der Waals surface area contributed by atoms with Gasteiger partial charge in [0.1, 0.15) is 5.60 Å². The van der Waals surface area contributed by atoms with Crippen LogP contribution in [0.3, 0.4) is 0 Å². The van der Waals surface area contributed by atoms with Crippen molar-refractivity contribution in [3.8, 4) is 0 Å². The van der Waals surface area contributed by atoms with Gasteiger partial charge in [-0.2, -0.15) is 0 Å². The number of methoxy groups -OCH3 is 1. The molecule has 0 aromatic carbocycles. The first-order chi connectivity index (χ1) is 8.91. The number of carboxylic acid groups (broad SMARTS) is 1. The van der Waals surface area contributed by atoms with Crippen molar-refractivity contribution in [2.24, 2.45) is 0 Å². The van der Waals surface area contributed by atoms with Gasteiger partial charge in [-0.25, -0.2) is 9.78 Å². The summed E-state index contributed by atoms with van der Waals surface area (Å²) in [6.45, 7) is 3.55. The monoisotopic (exact) mass is 284 g/mol. The summed E-state index contributed by atoms with van der Waals surface area (Å²) >= 11 is 1.19. The molecule has 1 rings (SSSR count). The van der Waals surface area contributed by atoms with Crippen LogP contribution >= 0.6 is 11.3 Å². The van der Waals surface area contributed by atoms with E-state index in [0.29, 0.717) is 16.4 Å². The molecule has 0 aliphatic rings. The van der Waals surface area contributed by atoms with Crippen LogP contribution in [0, 0.1) is 0 Å². The molecule has 1 aromatic heterocycles. The Kier molecular flexibility index (Phi) is 5.20. The second kappa shape index (κ2) is 6.44. The normalized spacial score (nSPS) is 14.3. The highest BCUT2D eigenvalue weighted by molar-refractivity contribution is 7.16. The second-order valence-corrected chi connectivity index (χ2v) is 5.04. The van der Waals surface area contributed by atoms with Gasteiger partial charge in [0.2, 0.25) is 0 Å². The summed E-state index contributed by atoms with van der Waals surface area (Å²) in [4.78, 5) is 27.0. The number of hydrogen-bond acceptors (Lipinski definition) is 5. The van der Waals surface area contributed by atoms with Crippen molar-refractivity contribution in [1.29, 1.82) is 0 Å². The molecule has 0 saturated carbocycles. The lowest BCUT2D eigenvalue weighted by Gasteiger charge is -2.24. The van der Waals surface area contributed by atoms with Gasteiger partial charge in [0.25, 0.3) is 5.91 Å². The Morgan fingerprint density at radius 3 is 2.84 bits per heavy atom. The number of anilines is 1. The van der Waals surface area contributed by atoms with Gasteiger partial charge in [0.15, 0.2) is 5.13 Å². The molecule has 0 saturated heterocycles. The highest BCUT2D eigenvalue weighted by Gasteiger charge is 2.31. The van der Waals surface area contributed by atoms with E-state index >= 15 is 0 Å². The van der Waals surface area contributed by atoms with Crippen molar-refractivity contribution in [2.45, 2.75) is 25.9 Å². The molecule has 1 unspecified atom stereocenters. The van der Waals surface area contributed by atoms with E-state index in [1.54, 1.807) is 6.92 Å². The number of aliphatic carboxylic acids is 1. The highest BCUT2D eigenvalue weighted by Crippen LogP contribution is 2.22. The number of thiazole rings is 1. The summed E-state index contributed by atoms with van der Waals surface area (Å²) in [6, 6.07) is 0. The lowest BCUT2D eigenvalue weighted by molar-refractivity contribution is -0.136. The smallest absolute Gasteiger partial charge is 0.328 e. The number of nitrogens with one attached hydrogen (secondary N) is 1. The molecule has 2 N–H and O–H groups in total. The molecular formula is C12H16N2O4S. The number of nitrogens with zero attached hydrogens (tertiary/aromatic N) is 1. The molecule has 0 bridgehead atoms. The van der Waals surface area contributed by atoms with E-state index in [1.165, 1.54) is 30.7 Å². The maximum absolute atomic E-state index is 12.0. The van der Waals surface area contributed by atoms with Gasteiger partial charge in [-0.3, -0.25) is 10.1 Å². The first kappa shape index (κ1) is 15.3. The first-order valence-electron chi connectivity index (χ1n) is 5.64. The van der Waals surface area contributed by atoms with Crippen LogP contribution in [0.4, 0.5) is 5.13 Å². The van der Waals surface area contributed by atoms with Crippen molar-refractivity contribution < 1.29 is 19.4 Å². The van der Waals surface area contributed by atoms with E-state index in [-0.39, 0.29) is 5.91 Å². The quantitative estimate of drug-likeness (QED) is 0.780. The Bertz CT molecular complexity index is 492. The Morgan fingerprint density at radius 1 is 1.63 bits per heavy atom. The van der Waals surface area contributed by atoms with Gasteiger partial charge in [0.05, 0.1) is 0 Å². The first-order valence-corrected chi connectivity index (χ1v) is 6.46. The lowest BCUT2D eigenvalue weighted by Crippen LogP contribution is -2.41. The van der Waals surface area contributed by atoms with Gasteiger partial charge in [-0.1, -0.05) is 18.3 Å². The Hall–Kier alpha value is -1.73. The van der Waals surface area contributed by atoms with Crippen LogP contribution in [0.1, 0.15) is 25.1 Å². The zero-order valence-electron chi connectivity index (χ0n) is 11.0. The van der Waals surface area contributed by atoms with Crippen LogP contribution in [-0.2, 0) is 14.3 Å². The summed E-state index contributed by atoms with van der Waals surface area (Å²) in [6.07, 6.45) is 4.47. The van der Waals surface area contributed by atoms with E-state index < -0.39 is 11.6 Å². The fourth-order valence-electron chi connectivity index (χ4n) is 1.20. The molecule has 0 radical (unpaired) electrons. The number of hydrogen-bond donors (Lipinski definition) is 2. The van der Waals surface area contributed by atoms with E-state index in [0.717, 1.165) is 6.08 Å². The zero-order valence-corrected chi connectivity index (χ0v) is 11.8. The van der Waals surface area contributed by atoms with Gasteiger partial charge < -0.3 is 9.84 Å². The third-order valence-electron chi connectivity index (χ3n) is 2.74. The largest absolute Gasteiger partial charge is 0.478 e. The number of carbonyl (C=O) groups excluding carboxylic acids is 1. The van der Waals surface area contributed by atoms with Crippen LogP contribution in [0.2, 0.25) is 0 Å². The summed E-state index contributed by atoms with van der Waals surface area (Å²) < 4.78 is 5.18. The van der Waals surface area contributed by atoms with Crippen LogP contribution in [0.15, 0.2) is 12.3 Å². The highest BCUT2D eigenvalue weighted by atomic mass is 32.1. The minimum Gasteiger partial charge on any atom is -0.478 e. The third-order valence-corrected chi connectivity index (χ3v) is 3.62. The Morgan fingerprint density at radius 2 is 2.32 bits per heavy atom. The topological polar surface area (TPSA) is 88.5 Å². The molecule has 1 heterocycles. The molecule has 1 amide bonds. The van der Waals surface area contributed by atoms with Crippen molar-refractivity contribution in [3.05, 3.63) is 17.2 Å². The van der Waals surface area contributed by atoms with E-state index in [1.807, 2.05) is 6.92 Å². The zero-order chi connectivity index (χ0) is 14.5. The molecule has 1 aromatic rings. The maximum atomic E-state index is 12.0. The average molecular weight is 284 g/mol. The predicted octanol–water partition coefficient (Wildman–Crippen LogP) is 1.99. The van der Waals surface area contributed by atoms with E-state index in [4.69, 9.17) is 9.84 Å². The number of ether oxygens (including phenoxy) is 1. The fraction of sp³-hybridized carbons (Fsp3) is 0.417. The maximum Gasteiger partial charge on any atom is 0.328 e. The van der Waals surface area contributed by atoms with Gasteiger partial charge in [-0.15, -0.1) is 0 Å². The molecule has 0 spiro atoms. The van der Waals surface area contributed by atoms with E-state index in [9.17, 15) is 9.59 Å². The lowest BCUT2D eigenvalue weighted by atomic mass is 10.0. The number of aromatic nitrogens is 1. The van der Waals surface area contributed by atoms with Crippen LogP contribution in [0.25, 0.3) is 6.08 Å². The average Bonchev–Trinajstić information content (AvgIpc) is 2.83. The molecule has 6 nitrogen and oxygen atoms in total. The van der Waals surface area contributed by atoms with Crippen molar-refractivity contribution >= 4 is 34.4 Å². The van der Waals surface area contributed by atoms with Gasteiger partial charge >= 0.3 is 5.97 Å². The van der Waals surface area contributed by atoms with Crippen LogP contribution in [-0.4, -0.2) is 34.7 Å². The number of amides is 1. The molecule has 0 aliphatic carbocycles. The molecule has 1 atom stereocenters. The number of carbonyl (C=O) groups is 2. The third kappa shape index (κ3) is 4.15. The summed E-state index contributed by atoms with van der Waals surface area (Å²) in [5, 5.41) is 11.6. The van der Waals surface area contributed by atoms with Crippen molar-refractivity contribution in [1.82, 2.24) is 4.98 Å². The molecule has 104 valence electrons. The number of carboxylic acids is 1. The molecule has 0 fully saturated rings. The second-order valence-electron chi connectivity index (χ2n) is 3.98. The Labute approximate surface area is 115 Å². The molecule has 7 heteroatoms. The standard InChI is InChI=1S/C12H16N2O4S/c1-4-12(2,18-3)10(17)14-11-13-7-8(19-11)5-6-9(15)16/h5-7H,4H2,1-3H3,(H,15,16)(H,13,14,17)/b6-5+. The summed E-state index contributed by atoms with van der Waals surface area (Å²) in [5.41, 5.74) is -0.900. The van der Waals surface area contributed by atoms with Crippen LogP contribution in [0.5, 0.6) is 0 Å². The predicted molar refractivity (Wildman–Crippen MR) is 73.1 cm³/mol. The molecular weight excluding hydrogens is 268 g/mol. The minimum absolute atomic E-state index is 0.277. The van der Waals surface area contributed by atoms with Crippen molar-refractivity contribution in [3.63, 3.8) is 0 Å². The van der Waals surface area contributed by atoms with Crippen molar-refractivity contribution in [2.75, 3.05) is 12.4 Å². The summed E-state index contributed by atoms with van der Waals surface area (Å²) in [5.74, 6) is -1.31. The van der Waals surface area contributed by atoms with Gasteiger partial charge in [0, 0.05) is 24.3 Å². The molecule has 19 heavy (non-hydrogen) atoms. The minimum atomic E-state index is -1.03. The van der Waals surface area contributed by atoms with Gasteiger partial charge in [-0.05, 0) is 19.4 Å². The SMILES string of the molecule is CCC(C)(OC)C(=O)Nc1ncc(/C=C/C(=O)O)s1. The van der Waals surface area contributed by atoms with Crippen LogP contribution < -0.4 is 5.32 Å².